The molecule has 0 spiro atoms. The molecule has 11 heteroatoms. The molecule has 0 unspecified atom stereocenters. The average molecular weight is 351 g/mol. The van der Waals surface area contributed by atoms with Gasteiger partial charge >= 0.3 is 0 Å². The summed E-state index contributed by atoms with van der Waals surface area (Å²) in [6.45, 7) is 0.322. The van der Waals surface area contributed by atoms with E-state index in [-0.39, 0.29) is 22.3 Å². The van der Waals surface area contributed by atoms with E-state index >= 15 is 0 Å². The Morgan fingerprint density at radius 2 is 2.00 bits per heavy atom. The smallest absolute Gasteiger partial charge is 0.242 e. The summed E-state index contributed by atoms with van der Waals surface area (Å²) < 4.78 is 26.9. The number of hydrogen-bond donors (Lipinski definition) is 3. The third-order valence-corrected chi connectivity index (χ3v) is 4.78. The van der Waals surface area contributed by atoms with Crippen LogP contribution in [0.15, 0.2) is 17.0 Å². The van der Waals surface area contributed by atoms with Crippen LogP contribution in [0.5, 0.6) is 0 Å². The Morgan fingerprint density at radius 1 is 1.24 bits per heavy atom. The molecule has 0 saturated carbocycles. The maximum Gasteiger partial charge on any atom is 0.242 e. The number of aromatic nitrogens is 4. The Labute approximate surface area is 131 Å². The van der Waals surface area contributed by atoms with Gasteiger partial charge in [-0.05, 0) is 24.7 Å². The van der Waals surface area contributed by atoms with Crippen LogP contribution in [0, 0.1) is 0 Å². The van der Waals surface area contributed by atoms with E-state index < -0.39 is 10.0 Å². The molecule has 8 nitrogen and oxygen atoms in total. The van der Waals surface area contributed by atoms with E-state index in [9.17, 15) is 8.42 Å². The first-order chi connectivity index (χ1) is 9.94. The van der Waals surface area contributed by atoms with Crippen molar-refractivity contribution in [3.8, 4) is 0 Å². The van der Waals surface area contributed by atoms with Crippen LogP contribution < -0.4 is 10.0 Å². The minimum absolute atomic E-state index is 0.0421. The fourth-order valence-electron chi connectivity index (χ4n) is 1.60. The van der Waals surface area contributed by atoms with Gasteiger partial charge in [0.2, 0.25) is 10.0 Å². The van der Waals surface area contributed by atoms with Crippen LogP contribution in [0.2, 0.25) is 10.0 Å². The fourth-order valence-corrected chi connectivity index (χ4v) is 3.44. The zero-order chi connectivity index (χ0) is 15.5. The van der Waals surface area contributed by atoms with Crippen molar-refractivity contribution in [2.75, 3.05) is 7.05 Å². The third-order valence-electron chi connectivity index (χ3n) is 2.57. The Balaban J connectivity index is 2.28. The van der Waals surface area contributed by atoms with Crippen molar-refractivity contribution in [2.24, 2.45) is 0 Å². The molecule has 0 atom stereocenters. The van der Waals surface area contributed by atoms with Gasteiger partial charge in [-0.15, -0.1) is 10.2 Å². The monoisotopic (exact) mass is 350 g/mol. The third kappa shape index (κ3) is 3.89. The topological polar surface area (TPSA) is 113 Å². The van der Waals surface area contributed by atoms with Crippen LogP contribution in [0.3, 0.4) is 0 Å². The molecule has 114 valence electrons. The first-order valence-corrected chi connectivity index (χ1v) is 8.02. The quantitative estimate of drug-likeness (QED) is 0.706. The second kappa shape index (κ2) is 6.67. The highest BCUT2D eigenvalue weighted by Crippen LogP contribution is 2.28. The molecule has 0 saturated heterocycles. The van der Waals surface area contributed by atoms with Crippen molar-refractivity contribution in [3.05, 3.63) is 33.6 Å². The molecule has 3 N–H and O–H groups in total. The van der Waals surface area contributed by atoms with E-state index in [4.69, 9.17) is 23.2 Å². The molecule has 0 amide bonds. The van der Waals surface area contributed by atoms with E-state index in [0.29, 0.717) is 17.1 Å². The van der Waals surface area contributed by atoms with Gasteiger partial charge in [-0.2, -0.15) is 5.21 Å². The lowest BCUT2D eigenvalue weighted by Crippen LogP contribution is -2.24. The molecule has 1 heterocycles. The van der Waals surface area contributed by atoms with Gasteiger partial charge in [0.1, 0.15) is 4.90 Å². The van der Waals surface area contributed by atoms with Gasteiger partial charge in [-0.1, -0.05) is 28.4 Å². The number of H-pyrrole nitrogens is 1. The Bertz CT molecular complexity index is 719. The van der Waals surface area contributed by atoms with Gasteiger partial charge in [-0.25, -0.2) is 13.1 Å². The zero-order valence-corrected chi connectivity index (χ0v) is 13.2. The van der Waals surface area contributed by atoms with Crippen molar-refractivity contribution in [3.63, 3.8) is 0 Å². The minimum Gasteiger partial charge on any atom is -0.316 e. The van der Waals surface area contributed by atoms with Crippen molar-refractivity contribution in [1.29, 1.82) is 0 Å². The maximum atomic E-state index is 12.3. The average Bonchev–Trinajstić information content (AvgIpc) is 2.93. The maximum absolute atomic E-state index is 12.3. The van der Waals surface area contributed by atoms with Crippen molar-refractivity contribution in [1.82, 2.24) is 30.7 Å². The van der Waals surface area contributed by atoms with E-state index in [2.05, 4.69) is 30.7 Å². The second-order valence-electron chi connectivity index (χ2n) is 4.06. The van der Waals surface area contributed by atoms with Crippen LogP contribution in [0.1, 0.15) is 11.4 Å². The molecule has 1 aromatic heterocycles. The molecule has 0 radical (unpaired) electrons. The minimum atomic E-state index is -3.81. The number of nitrogens with zero attached hydrogens (tertiary/aromatic N) is 3. The summed E-state index contributed by atoms with van der Waals surface area (Å²) in [7, 11) is -2.08. The predicted molar refractivity (Wildman–Crippen MR) is 77.4 cm³/mol. The fraction of sp³-hybridized carbons (Fsp3) is 0.300. The van der Waals surface area contributed by atoms with Crippen LogP contribution in [0.25, 0.3) is 0 Å². The normalized spacial score (nSPS) is 11.8. The van der Waals surface area contributed by atoms with Crippen LogP contribution in [-0.2, 0) is 23.1 Å². The number of rotatable bonds is 6. The SMILES string of the molecule is CNCc1cc(S(=O)(=O)NCc2nn[nH]n2)c(Cl)cc1Cl. The largest absolute Gasteiger partial charge is 0.316 e. The van der Waals surface area contributed by atoms with E-state index in [0.717, 1.165) is 0 Å². The van der Waals surface area contributed by atoms with Gasteiger partial charge in [0.15, 0.2) is 5.82 Å². The first-order valence-electron chi connectivity index (χ1n) is 5.78. The summed E-state index contributed by atoms with van der Waals surface area (Å²) in [6, 6.07) is 2.83. The highest BCUT2D eigenvalue weighted by Gasteiger charge is 2.20. The summed E-state index contributed by atoms with van der Waals surface area (Å²) in [5, 5.41) is 16.2. The van der Waals surface area contributed by atoms with Crippen LogP contribution in [-0.4, -0.2) is 36.1 Å². The molecule has 0 fully saturated rings. The van der Waals surface area contributed by atoms with E-state index in [1.54, 1.807) is 7.05 Å². The highest BCUT2D eigenvalue weighted by molar-refractivity contribution is 7.89. The number of tetrazole rings is 1. The van der Waals surface area contributed by atoms with E-state index in [1.165, 1.54) is 12.1 Å². The second-order valence-corrected chi connectivity index (χ2v) is 6.61. The summed E-state index contributed by atoms with van der Waals surface area (Å²) in [4.78, 5) is -0.0534. The number of benzene rings is 1. The molecule has 21 heavy (non-hydrogen) atoms. The molecule has 0 aliphatic carbocycles. The van der Waals surface area contributed by atoms with Gasteiger partial charge in [-0.3, -0.25) is 0 Å². The molecule has 0 aliphatic rings. The highest BCUT2D eigenvalue weighted by atomic mass is 35.5. The lowest BCUT2D eigenvalue weighted by Gasteiger charge is -2.11. The lowest BCUT2D eigenvalue weighted by atomic mass is 10.2. The van der Waals surface area contributed by atoms with Gasteiger partial charge < -0.3 is 5.32 Å². The number of hydrogen-bond acceptors (Lipinski definition) is 6. The number of halogens is 2. The van der Waals surface area contributed by atoms with Crippen molar-refractivity contribution in [2.45, 2.75) is 18.0 Å². The predicted octanol–water partition coefficient (Wildman–Crippen LogP) is 0.704. The van der Waals surface area contributed by atoms with Crippen molar-refractivity contribution < 1.29 is 8.42 Å². The number of nitrogens with one attached hydrogen (secondary N) is 3. The number of sulfonamides is 1. The van der Waals surface area contributed by atoms with Crippen LogP contribution in [0.4, 0.5) is 0 Å². The molecule has 1 aromatic carbocycles. The standard InChI is InChI=1S/C10H12Cl2N6O2S/c1-13-4-6-2-9(8(12)3-7(6)11)21(19,20)14-5-10-15-17-18-16-10/h2-3,13-14H,4-5H2,1H3,(H,15,16,17,18). The molecule has 2 aromatic rings. The van der Waals surface area contributed by atoms with E-state index in [1.807, 2.05) is 0 Å². The molecule has 2 rings (SSSR count). The molecule has 0 bridgehead atoms. The molecule has 0 aliphatic heterocycles. The zero-order valence-electron chi connectivity index (χ0n) is 10.9. The summed E-state index contributed by atoms with van der Waals surface area (Å²) in [5.74, 6) is 0.221. The van der Waals surface area contributed by atoms with Crippen molar-refractivity contribution >= 4 is 33.2 Å². The summed E-state index contributed by atoms with van der Waals surface area (Å²) in [5.41, 5.74) is 0.628. The molecular formula is C10H12Cl2N6O2S. The summed E-state index contributed by atoms with van der Waals surface area (Å²) >= 11 is 12.0. The lowest BCUT2D eigenvalue weighted by molar-refractivity contribution is 0.579. The van der Waals surface area contributed by atoms with Gasteiger partial charge in [0, 0.05) is 11.6 Å². The van der Waals surface area contributed by atoms with Crippen LogP contribution >= 0.6 is 23.2 Å². The molecular weight excluding hydrogens is 339 g/mol. The van der Waals surface area contributed by atoms with Gasteiger partial charge in [0.25, 0.3) is 0 Å². The van der Waals surface area contributed by atoms with Gasteiger partial charge in [0.05, 0.1) is 11.6 Å². The first kappa shape index (κ1) is 16.1. The Kier molecular flexibility index (Phi) is 5.12. The number of aromatic amines is 1. The summed E-state index contributed by atoms with van der Waals surface area (Å²) in [6.07, 6.45) is 0. The Morgan fingerprint density at radius 3 is 2.62 bits per heavy atom. The Hall–Kier alpha value is -1.26.